The van der Waals surface area contributed by atoms with Crippen LogP contribution in [0.25, 0.3) is 0 Å². The van der Waals surface area contributed by atoms with E-state index in [4.69, 9.17) is 16.3 Å². The second-order valence-electron chi connectivity index (χ2n) is 5.16. The summed E-state index contributed by atoms with van der Waals surface area (Å²) in [5.41, 5.74) is 0.808. The number of methoxy groups -OCH3 is 1. The van der Waals surface area contributed by atoms with Crippen LogP contribution in [0.4, 0.5) is 5.69 Å². The molecule has 0 radical (unpaired) electrons. The van der Waals surface area contributed by atoms with Gasteiger partial charge in [0.15, 0.2) is 0 Å². The van der Waals surface area contributed by atoms with Gasteiger partial charge >= 0.3 is 0 Å². The van der Waals surface area contributed by atoms with Crippen molar-refractivity contribution in [2.45, 2.75) is 0 Å². The Labute approximate surface area is 133 Å². The van der Waals surface area contributed by atoms with Crippen molar-refractivity contribution < 1.29 is 19.6 Å². The summed E-state index contributed by atoms with van der Waals surface area (Å²) < 4.78 is 5.09. The van der Waals surface area contributed by atoms with E-state index in [9.17, 15) is 9.59 Å². The smallest absolute Gasteiger partial charge is 0.283 e. The van der Waals surface area contributed by atoms with E-state index >= 15 is 0 Å². The highest BCUT2D eigenvalue weighted by Crippen LogP contribution is 2.31. The van der Waals surface area contributed by atoms with Gasteiger partial charge in [0.1, 0.15) is 16.5 Å². The number of imide groups is 1. The Kier molecular flexibility index (Phi) is 4.04. The highest BCUT2D eigenvalue weighted by atomic mass is 35.5. The maximum Gasteiger partial charge on any atom is 0.283 e. The lowest BCUT2D eigenvalue weighted by Crippen LogP contribution is -2.89. The fourth-order valence-electron chi connectivity index (χ4n) is 2.71. The number of anilines is 1. The van der Waals surface area contributed by atoms with Crippen LogP contribution in [0.1, 0.15) is 0 Å². The van der Waals surface area contributed by atoms with E-state index in [-0.39, 0.29) is 10.9 Å². The second-order valence-corrected chi connectivity index (χ2v) is 5.54. The molecule has 1 fully saturated rings. The van der Waals surface area contributed by atoms with Gasteiger partial charge in [0.25, 0.3) is 11.8 Å². The molecule has 2 heterocycles. The van der Waals surface area contributed by atoms with Crippen molar-refractivity contribution in [1.82, 2.24) is 4.90 Å². The summed E-state index contributed by atoms with van der Waals surface area (Å²) in [6.07, 6.45) is 0. The molecule has 0 atom stereocenters. The Balaban J connectivity index is 1.89. The van der Waals surface area contributed by atoms with Crippen molar-refractivity contribution in [3.05, 3.63) is 35.0 Å². The molecule has 1 saturated heterocycles. The van der Waals surface area contributed by atoms with Gasteiger partial charge in [-0.25, -0.2) is 4.90 Å². The molecule has 116 valence electrons. The minimum atomic E-state index is -0.471. The van der Waals surface area contributed by atoms with Gasteiger partial charge in [0, 0.05) is 0 Å². The monoisotopic (exact) mass is 322 g/mol. The molecule has 0 bridgehead atoms. The largest absolute Gasteiger partial charge is 0.497 e. The van der Waals surface area contributed by atoms with Crippen LogP contribution in [-0.4, -0.2) is 50.0 Å². The number of hydrogen-bond acceptors (Lipinski definition) is 4. The van der Waals surface area contributed by atoms with Crippen molar-refractivity contribution in [3.8, 4) is 5.75 Å². The molecule has 0 aromatic heterocycles. The first-order valence-corrected chi connectivity index (χ1v) is 7.50. The number of nitrogens with two attached hydrogens (primary N) is 1. The minimum absolute atomic E-state index is 0.00252. The van der Waals surface area contributed by atoms with Gasteiger partial charge in [-0.2, -0.15) is 0 Å². The Morgan fingerprint density at radius 3 is 2.32 bits per heavy atom. The average Bonchev–Trinajstić information content (AvgIpc) is 2.78. The lowest BCUT2D eigenvalue weighted by atomic mass is 10.2. The fraction of sp³-hybridized carbons (Fsp3) is 0.333. The number of nitrogens with zero attached hydrogens (tertiary/aromatic N) is 2. The standard InChI is InChI=1S/C15H16ClN3O3/c1-22-11-4-2-10(3-5-11)19-14(20)12(16)13(15(19)21)18-8-6-17-7-9-18/h2-5,17H,6-9H2,1H3/p+1. The molecule has 0 unspecified atom stereocenters. The average molecular weight is 323 g/mol. The zero-order valence-corrected chi connectivity index (χ0v) is 13.0. The maximum atomic E-state index is 12.7. The Morgan fingerprint density at radius 1 is 1.09 bits per heavy atom. The van der Waals surface area contributed by atoms with E-state index in [1.54, 1.807) is 31.4 Å². The predicted octanol–water partition coefficient (Wildman–Crippen LogP) is -0.102. The van der Waals surface area contributed by atoms with Crippen LogP contribution >= 0.6 is 11.6 Å². The summed E-state index contributed by atoms with van der Waals surface area (Å²) in [5.74, 6) is -0.169. The SMILES string of the molecule is COc1ccc(N2C(=O)C(Cl)=C(N3CC[NH2+]CC3)C2=O)cc1. The molecule has 1 aromatic carbocycles. The lowest BCUT2D eigenvalue weighted by Gasteiger charge is -2.27. The van der Waals surface area contributed by atoms with E-state index in [1.807, 2.05) is 4.90 Å². The van der Waals surface area contributed by atoms with Gasteiger partial charge in [-0.1, -0.05) is 11.6 Å². The van der Waals surface area contributed by atoms with Crippen molar-refractivity contribution in [2.24, 2.45) is 0 Å². The Bertz CT molecular complexity index is 636. The number of piperazine rings is 1. The van der Waals surface area contributed by atoms with Crippen LogP contribution in [-0.2, 0) is 9.59 Å². The third kappa shape index (κ3) is 2.44. The summed E-state index contributed by atoms with van der Waals surface area (Å²) in [6, 6.07) is 6.76. The summed E-state index contributed by atoms with van der Waals surface area (Å²) in [4.78, 5) is 28.0. The van der Waals surface area contributed by atoms with Gasteiger partial charge in [-0.15, -0.1) is 0 Å². The molecule has 0 saturated carbocycles. The van der Waals surface area contributed by atoms with E-state index in [0.29, 0.717) is 30.2 Å². The van der Waals surface area contributed by atoms with Crippen LogP contribution in [0.2, 0.25) is 0 Å². The van der Waals surface area contributed by atoms with Gasteiger partial charge in [-0.3, -0.25) is 9.59 Å². The third-order valence-corrected chi connectivity index (χ3v) is 4.20. The van der Waals surface area contributed by atoms with Crippen molar-refractivity contribution in [3.63, 3.8) is 0 Å². The van der Waals surface area contributed by atoms with Crippen molar-refractivity contribution in [1.29, 1.82) is 0 Å². The van der Waals surface area contributed by atoms with Crippen LogP contribution in [0, 0.1) is 0 Å². The van der Waals surface area contributed by atoms with Crippen LogP contribution in [0.15, 0.2) is 35.0 Å². The zero-order valence-electron chi connectivity index (χ0n) is 12.2. The number of benzene rings is 1. The molecule has 22 heavy (non-hydrogen) atoms. The Hall–Kier alpha value is -2.05. The van der Waals surface area contributed by atoms with Gasteiger partial charge in [-0.05, 0) is 24.3 Å². The van der Waals surface area contributed by atoms with E-state index in [2.05, 4.69) is 5.32 Å². The molecule has 6 nitrogen and oxygen atoms in total. The number of hydrogen-bond donors (Lipinski definition) is 1. The second kappa shape index (κ2) is 5.98. The number of carbonyl (C=O) groups is 2. The number of carbonyl (C=O) groups excluding carboxylic acids is 2. The van der Waals surface area contributed by atoms with Gasteiger partial charge < -0.3 is 15.0 Å². The highest BCUT2D eigenvalue weighted by molar-refractivity contribution is 6.52. The molecule has 0 aliphatic carbocycles. The molecule has 2 N–H and O–H groups in total. The summed E-state index contributed by atoms with van der Waals surface area (Å²) >= 11 is 6.15. The number of halogens is 1. The minimum Gasteiger partial charge on any atom is -0.497 e. The number of rotatable bonds is 3. The first kappa shape index (κ1) is 14.9. The molecule has 2 aliphatic heterocycles. The van der Waals surface area contributed by atoms with Crippen LogP contribution in [0.5, 0.6) is 5.75 Å². The maximum absolute atomic E-state index is 12.7. The summed E-state index contributed by atoms with van der Waals surface area (Å²) in [5, 5.41) is 2.18. The lowest BCUT2D eigenvalue weighted by molar-refractivity contribution is -0.662. The number of amides is 2. The van der Waals surface area contributed by atoms with E-state index in [0.717, 1.165) is 18.0 Å². The van der Waals surface area contributed by atoms with Crippen LogP contribution in [0.3, 0.4) is 0 Å². The molecule has 2 amide bonds. The van der Waals surface area contributed by atoms with E-state index in [1.165, 1.54) is 0 Å². The van der Waals surface area contributed by atoms with Gasteiger partial charge in [0.05, 0.1) is 39.0 Å². The molecule has 3 rings (SSSR count). The van der Waals surface area contributed by atoms with Crippen molar-refractivity contribution in [2.75, 3.05) is 38.2 Å². The normalized spacial score (nSPS) is 19.2. The number of quaternary nitrogens is 1. The zero-order chi connectivity index (χ0) is 15.7. The topological polar surface area (TPSA) is 66.5 Å². The quantitative estimate of drug-likeness (QED) is 0.789. The highest BCUT2D eigenvalue weighted by Gasteiger charge is 2.41. The van der Waals surface area contributed by atoms with E-state index < -0.39 is 5.91 Å². The third-order valence-electron chi connectivity index (χ3n) is 3.86. The summed E-state index contributed by atoms with van der Waals surface area (Å²) in [7, 11) is 1.56. The first-order valence-electron chi connectivity index (χ1n) is 7.12. The molecule has 1 aromatic rings. The van der Waals surface area contributed by atoms with Crippen molar-refractivity contribution >= 4 is 29.1 Å². The molecular weight excluding hydrogens is 306 g/mol. The Morgan fingerprint density at radius 2 is 1.73 bits per heavy atom. The first-order chi connectivity index (χ1) is 10.6. The van der Waals surface area contributed by atoms with Gasteiger partial charge in [0.2, 0.25) is 0 Å². The molecule has 7 heteroatoms. The number of ether oxygens (including phenoxy) is 1. The molecular formula is C15H17ClN3O3+. The summed E-state index contributed by atoms with van der Waals surface area (Å²) in [6.45, 7) is 3.19. The molecule has 2 aliphatic rings. The van der Waals surface area contributed by atoms with Crippen LogP contribution < -0.4 is 15.0 Å². The molecule has 0 spiro atoms. The fourth-order valence-corrected chi connectivity index (χ4v) is 2.99. The predicted molar refractivity (Wildman–Crippen MR) is 81.6 cm³/mol.